The molecule has 0 bridgehead atoms. The van der Waals surface area contributed by atoms with Crippen LogP contribution in [0.5, 0.6) is 0 Å². The molecule has 0 saturated heterocycles. The summed E-state index contributed by atoms with van der Waals surface area (Å²) in [5.74, 6) is 0.145. The van der Waals surface area contributed by atoms with Crippen LogP contribution in [0.15, 0.2) is 32.7 Å². The molecule has 1 unspecified atom stereocenters. The summed E-state index contributed by atoms with van der Waals surface area (Å²) in [6, 6.07) is 5.80. The van der Waals surface area contributed by atoms with Crippen LogP contribution in [0.25, 0.3) is 0 Å². The van der Waals surface area contributed by atoms with Crippen LogP contribution in [0.1, 0.15) is 25.8 Å². The molecule has 0 aliphatic heterocycles. The first kappa shape index (κ1) is 13.4. The molecule has 1 aromatic rings. The molecule has 0 aliphatic rings. The van der Waals surface area contributed by atoms with Crippen molar-refractivity contribution in [1.29, 1.82) is 0 Å². The number of benzene rings is 1. The standard InChI is InChI=1S/C11H15BrN2OS/c1-3-7(2)16-10-5-4-8(12)6-9(10)11(13)14-15/h4-7,15H,3H2,1-2H3,(H2,13,14). The first-order chi connectivity index (χ1) is 7.58. The summed E-state index contributed by atoms with van der Waals surface area (Å²) < 4.78 is 0.919. The maximum absolute atomic E-state index is 8.73. The van der Waals surface area contributed by atoms with Gasteiger partial charge in [-0.25, -0.2) is 0 Å². The van der Waals surface area contributed by atoms with Crippen LogP contribution in [-0.2, 0) is 0 Å². The molecule has 1 rings (SSSR count). The molecule has 0 saturated carbocycles. The highest BCUT2D eigenvalue weighted by Gasteiger charge is 2.11. The van der Waals surface area contributed by atoms with Crippen molar-refractivity contribution in [2.45, 2.75) is 30.4 Å². The van der Waals surface area contributed by atoms with Crippen LogP contribution >= 0.6 is 27.7 Å². The molecular formula is C11H15BrN2OS. The molecule has 88 valence electrons. The average Bonchev–Trinajstić information content (AvgIpc) is 2.30. The summed E-state index contributed by atoms with van der Waals surface area (Å²) >= 11 is 5.11. The van der Waals surface area contributed by atoms with E-state index >= 15 is 0 Å². The van der Waals surface area contributed by atoms with E-state index in [2.05, 4.69) is 34.9 Å². The molecule has 0 aromatic heterocycles. The van der Waals surface area contributed by atoms with Gasteiger partial charge in [0.1, 0.15) is 0 Å². The predicted molar refractivity (Wildman–Crippen MR) is 72.3 cm³/mol. The van der Waals surface area contributed by atoms with E-state index in [0.717, 1.165) is 21.4 Å². The van der Waals surface area contributed by atoms with Crippen molar-refractivity contribution in [1.82, 2.24) is 0 Å². The lowest BCUT2D eigenvalue weighted by molar-refractivity contribution is 0.318. The molecule has 0 heterocycles. The number of hydrogen-bond donors (Lipinski definition) is 2. The Morgan fingerprint density at radius 3 is 2.88 bits per heavy atom. The minimum atomic E-state index is 0.145. The molecule has 1 aromatic carbocycles. The summed E-state index contributed by atoms with van der Waals surface area (Å²) in [6.07, 6.45) is 1.08. The van der Waals surface area contributed by atoms with Gasteiger partial charge in [0.15, 0.2) is 5.84 Å². The molecule has 0 amide bonds. The van der Waals surface area contributed by atoms with Crippen LogP contribution in [0.3, 0.4) is 0 Å². The van der Waals surface area contributed by atoms with Gasteiger partial charge in [-0.2, -0.15) is 0 Å². The van der Waals surface area contributed by atoms with Crippen LogP contribution < -0.4 is 5.73 Å². The Morgan fingerprint density at radius 2 is 2.31 bits per heavy atom. The zero-order valence-corrected chi connectivity index (χ0v) is 11.7. The third-order valence-electron chi connectivity index (χ3n) is 2.23. The van der Waals surface area contributed by atoms with Crippen molar-refractivity contribution < 1.29 is 5.21 Å². The second-order valence-corrected chi connectivity index (χ2v) is 5.86. The normalized spacial score (nSPS) is 13.8. The zero-order valence-electron chi connectivity index (χ0n) is 9.27. The second-order valence-electron chi connectivity index (χ2n) is 3.46. The van der Waals surface area contributed by atoms with Crippen molar-refractivity contribution in [3.05, 3.63) is 28.2 Å². The minimum absolute atomic E-state index is 0.145. The number of rotatable bonds is 4. The van der Waals surface area contributed by atoms with E-state index in [1.165, 1.54) is 0 Å². The SMILES string of the molecule is CCC(C)Sc1ccc(Br)cc1/C(N)=N/O. The van der Waals surface area contributed by atoms with Gasteiger partial charge < -0.3 is 10.9 Å². The summed E-state index contributed by atoms with van der Waals surface area (Å²) in [7, 11) is 0. The monoisotopic (exact) mass is 302 g/mol. The highest BCUT2D eigenvalue weighted by molar-refractivity contribution is 9.10. The topological polar surface area (TPSA) is 58.6 Å². The van der Waals surface area contributed by atoms with E-state index in [-0.39, 0.29) is 5.84 Å². The van der Waals surface area contributed by atoms with Crippen LogP contribution in [0, 0.1) is 0 Å². The van der Waals surface area contributed by atoms with Crippen LogP contribution in [-0.4, -0.2) is 16.3 Å². The quantitative estimate of drug-likeness (QED) is 0.294. The van der Waals surface area contributed by atoms with E-state index in [1.807, 2.05) is 18.2 Å². The lowest BCUT2D eigenvalue weighted by Gasteiger charge is -2.12. The largest absolute Gasteiger partial charge is 0.409 e. The number of oxime groups is 1. The molecule has 16 heavy (non-hydrogen) atoms. The van der Waals surface area contributed by atoms with Gasteiger partial charge in [0, 0.05) is 20.2 Å². The Hall–Kier alpha value is -0.680. The fourth-order valence-corrected chi connectivity index (χ4v) is 2.56. The summed E-state index contributed by atoms with van der Waals surface area (Å²) in [5, 5.41) is 12.3. The molecule has 0 spiro atoms. The lowest BCUT2D eigenvalue weighted by Crippen LogP contribution is -2.14. The van der Waals surface area contributed by atoms with Crippen molar-refractivity contribution in [3.63, 3.8) is 0 Å². The number of hydrogen-bond acceptors (Lipinski definition) is 3. The molecule has 0 fully saturated rings. The second kappa shape index (κ2) is 6.15. The highest BCUT2D eigenvalue weighted by atomic mass is 79.9. The van der Waals surface area contributed by atoms with E-state index < -0.39 is 0 Å². The molecule has 3 N–H and O–H groups in total. The van der Waals surface area contributed by atoms with Gasteiger partial charge in [0.05, 0.1) is 0 Å². The molecule has 1 atom stereocenters. The van der Waals surface area contributed by atoms with E-state index in [9.17, 15) is 0 Å². The third-order valence-corrected chi connectivity index (χ3v) is 4.07. The van der Waals surface area contributed by atoms with Crippen molar-refractivity contribution in [2.75, 3.05) is 0 Å². The highest BCUT2D eigenvalue weighted by Crippen LogP contribution is 2.30. The average molecular weight is 303 g/mol. The van der Waals surface area contributed by atoms with Gasteiger partial charge in [0.2, 0.25) is 0 Å². The predicted octanol–water partition coefficient (Wildman–Crippen LogP) is 3.43. The van der Waals surface area contributed by atoms with Crippen molar-refractivity contribution in [3.8, 4) is 0 Å². The third kappa shape index (κ3) is 3.42. The van der Waals surface area contributed by atoms with Gasteiger partial charge in [-0.05, 0) is 24.6 Å². The Morgan fingerprint density at radius 1 is 1.62 bits per heavy atom. The fraction of sp³-hybridized carbons (Fsp3) is 0.364. The molecule has 5 heteroatoms. The van der Waals surface area contributed by atoms with Crippen LogP contribution in [0.4, 0.5) is 0 Å². The Kier molecular flexibility index (Phi) is 5.15. The van der Waals surface area contributed by atoms with Crippen molar-refractivity contribution in [2.24, 2.45) is 10.9 Å². The summed E-state index contributed by atoms with van der Waals surface area (Å²) in [6.45, 7) is 4.29. The van der Waals surface area contributed by atoms with Gasteiger partial charge in [-0.3, -0.25) is 0 Å². The zero-order chi connectivity index (χ0) is 12.1. The van der Waals surface area contributed by atoms with Gasteiger partial charge >= 0.3 is 0 Å². The Labute approximate surface area is 108 Å². The minimum Gasteiger partial charge on any atom is -0.409 e. The number of amidine groups is 1. The lowest BCUT2D eigenvalue weighted by atomic mass is 10.2. The number of nitrogens with two attached hydrogens (primary N) is 1. The maximum Gasteiger partial charge on any atom is 0.171 e. The van der Waals surface area contributed by atoms with Crippen molar-refractivity contribution >= 4 is 33.5 Å². The molecule has 0 aliphatic carbocycles. The van der Waals surface area contributed by atoms with Gasteiger partial charge in [-0.15, -0.1) is 11.8 Å². The maximum atomic E-state index is 8.73. The number of thioether (sulfide) groups is 1. The summed E-state index contributed by atoms with van der Waals surface area (Å²) in [5.41, 5.74) is 6.41. The molecular weight excluding hydrogens is 288 g/mol. The first-order valence-electron chi connectivity index (χ1n) is 5.02. The van der Waals surface area contributed by atoms with E-state index in [4.69, 9.17) is 10.9 Å². The number of halogens is 1. The molecule has 3 nitrogen and oxygen atoms in total. The fourth-order valence-electron chi connectivity index (χ4n) is 1.16. The van der Waals surface area contributed by atoms with E-state index in [0.29, 0.717) is 5.25 Å². The first-order valence-corrected chi connectivity index (χ1v) is 6.69. The Balaban J connectivity index is 3.08. The van der Waals surface area contributed by atoms with Gasteiger partial charge in [0.25, 0.3) is 0 Å². The van der Waals surface area contributed by atoms with E-state index in [1.54, 1.807) is 11.8 Å². The Bertz CT molecular complexity index is 396. The molecule has 0 radical (unpaired) electrons. The number of nitrogens with zero attached hydrogens (tertiary/aromatic N) is 1. The van der Waals surface area contributed by atoms with Crippen LogP contribution in [0.2, 0.25) is 0 Å². The summed E-state index contributed by atoms with van der Waals surface area (Å²) in [4.78, 5) is 1.04. The van der Waals surface area contributed by atoms with Gasteiger partial charge in [-0.1, -0.05) is 34.9 Å². The smallest absolute Gasteiger partial charge is 0.171 e.